The van der Waals surface area contributed by atoms with Crippen LogP contribution in [0.25, 0.3) is 0 Å². The maximum absolute atomic E-state index is 11.7. The van der Waals surface area contributed by atoms with Crippen molar-refractivity contribution in [3.63, 3.8) is 0 Å². The molecule has 0 saturated heterocycles. The van der Waals surface area contributed by atoms with Crippen molar-refractivity contribution in [3.8, 4) is 0 Å². The van der Waals surface area contributed by atoms with E-state index in [4.69, 9.17) is 22.1 Å². The zero-order chi connectivity index (χ0) is 13.5. The topological polar surface area (TPSA) is 78.6 Å². The maximum Gasteiger partial charge on any atom is 0.340 e. The summed E-state index contributed by atoms with van der Waals surface area (Å²) in [5, 5.41) is 0.408. The molecule has 0 bridgehead atoms. The van der Waals surface area contributed by atoms with Crippen molar-refractivity contribution in [1.82, 2.24) is 0 Å². The fourth-order valence-corrected chi connectivity index (χ4v) is 1.44. The molecule has 0 amide bonds. The number of hydrogen-bond donors (Lipinski definition) is 1. The minimum Gasteiger partial charge on any atom is -0.469 e. The fourth-order valence-electron chi connectivity index (χ4n) is 1.27. The number of carbonyl (C=O) groups excluding carboxylic acids is 2. The first-order chi connectivity index (χ1) is 8.54. The van der Waals surface area contributed by atoms with E-state index in [1.165, 1.54) is 19.2 Å². The lowest BCUT2D eigenvalue weighted by Crippen LogP contribution is -2.10. The first-order valence-corrected chi connectivity index (χ1v) is 5.71. The van der Waals surface area contributed by atoms with E-state index in [0.29, 0.717) is 17.1 Å². The zero-order valence-corrected chi connectivity index (χ0v) is 10.7. The minimum atomic E-state index is -0.556. The number of ether oxygens (including phenoxy) is 2. The van der Waals surface area contributed by atoms with Gasteiger partial charge in [0.15, 0.2) is 0 Å². The normalized spacial score (nSPS) is 9.89. The molecular formula is C12H14ClNO4. The van der Waals surface area contributed by atoms with Crippen molar-refractivity contribution in [3.05, 3.63) is 28.8 Å². The Kier molecular flexibility index (Phi) is 5.45. The summed E-state index contributed by atoms with van der Waals surface area (Å²) in [6.45, 7) is 0.125. The summed E-state index contributed by atoms with van der Waals surface area (Å²) < 4.78 is 9.43. The minimum absolute atomic E-state index is 0.125. The Labute approximate surface area is 110 Å². The van der Waals surface area contributed by atoms with Crippen LogP contribution in [0.3, 0.4) is 0 Å². The summed E-state index contributed by atoms with van der Waals surface area (Å²) in [5.74, 6) is -0.895. The average molecular weight is 272 g/mol. The molecule has 0 saturated carbocycles. The standard InChI is InChI=1S/C12H14ClNO4/c1-17-11(15)3-2-6-18-12(16)9-7-8(13)4-5-10(9)14/h4-5,7H,2-3,6,14H2,1H3. The quantitative estimate of drug-likeness (QED) is 0.504. The van der Waals surface area contributed by atoms with Crippen LogP contribution in [0.15, 0.2) is 18.2 Å². The highest BCUT2D eigenvalue weighted by Crippen LogP contribution is 2.18. The van der Waals surface area contributed by atoms with Crippen LogP contribution < -0.4 is 5.73 Å². The highest BCUT2D eigenvalue weighted by Gasteiger charge is 2.12. The molecule has 1 rings (SSSR count). The largest absolute Gasteiger partial charge is 0.469 e. The van der Waals surface area contributed by atoms with Crippen molar-refractivity contribution in [2.45, 2.75) is 12.8 Å². The van der Waals surface area contributed by atoms with Gasteiger partial charge < -0.3 is 15.2 Å². The molecule has 0 unspecified atom stereocenters. The molecule has 1 aromatic rings. The number of methoxy groups -OCH3 is 1. The van der Waals surface area contributed by atoms with Gasteiger partial charge in [-0.1, -0.05) is 11.6 Å². The van der Waals surface area contributed by atoms with E-state index in [2.05, 4.69) is 4.74 Å². The second-order valence-corrected chi connectivity index (χ2v) is 3.98. The van der Waals surface area contributed by atoms with Crippen molar-refractivity contribution in [2.75, 3.05) is 19.5 Å². The zero-order valence-electron chi connectivity index (χ0n) is 9.94. The third kappa shape index (κ3) is 4.25. The third-order valence-corrected chi connectivity index (χ3v) is 2.46. The molecule has 5 nitrogen and oxygen atoms in total. The van der Waals surface area contributed by atoms with Crippen LogP contribution in [0.5, 0.6) is 0 Å². The molecule has 0 spiro atoms. The molecule has 0 fully saturated rings. The van der Waals surface area contributed by atoms with Gasteiger partial charge in [-0.05, 0) is 24.6 Å². The number of nitrogen functional groups attached to an aromatic ring is 1. The smallest absolute Gasteiger partial charge is 0.340 e. The Morgan fingerprint density at radius 2 is 2.11 bits per heavy atom. The molecule has 0 atom stereocenters. The number of carbonyl (C=O) groups is 2. The van der Waals surface area contributed by atoms with Gasteiger partial charge in [0.05, 0.1) is 19.3 Å². The molecule has 0 aliphatic heterocycles. The van der Waals surface area contributed by atoms with Crippen LogP contribution in [0, 0.1) is 0 Å². The summed E-state index contributed by atoms with van der Waals surface area (Å²) in [5.41, 5.74) is 6.16. The lowest BCUT2D eigenvalue weighted by Gasteiger charge is -2.07. The van der Waals surface area contributed by atoms with E-state index in [1.54, 1.807) is 6.07 Å². The number of halogens is 1. The van der Waals surface area contributed by atoms with Gasteiger partial charge in [-0.3, -0.25) is 4.79 Å². The summed E-state index contributed by atoms with van der Waals surface area (Å²) in [6.07, 6.45) is 0.605. The van der Waals surface area contributed by atoms with Crippen molar-refractivity contribution in [1.29, 1.82) is 0 Å². The fraction of sp³-hybridized carbons (Fsp3) is 0.333. The Morgan fingerprint density at radius 3 is 2.78 bits per heavy atom. The first kappa shape index (κ1) is 14.3. The SMILES string of the molecule is COC(=O)CCCOC(=O)c1cc(Cl)ccc1N. The van der Waals surface area contributed by atoms with Crippen LogP contribution >= 0.6 is 11.6 Å². The van der Waals surface area contributed by atoms with Gasteiger partial charge >= 0.3 is 11.9 Å². The molecule has 0 heterocycles. The first-order valence-electron chi connectivity index (χ1n) is 5.33. The van der Waals surface area contributed by atoms with Gasteiger partial charge in [0.2, 0.25) is 0 Å². The lowest BCUT2D eigenvalue weighted by atomic mass is 10.2. The number of benzene rings is 1. The van der Waals surface area contributed by atoms with Crippen molar-refractivity contribution < 1.29 is 19.1 Å². The van der Waals surface area contributed by atoms with Gasteiger partial charge in [-0.2, -0.15) is 0 Å². The molecule has 98 valence electrons. The predicted molar refractivity (Wildman–Crippen MR) is 67.4 cm³/mol. The second-order valence-electron chi connectivity index (χ2n) is 3.55. The van der Waals surface area contributed by atoms with E-state index in [9.17, 15) is 9.59 Å². The highest BCUT2D eigenvalue weighted by molar-refractivity contribution is 6.31. The Bertz CT molecular complexity index is 448. The summed E-state index contributed by atoms with van der Waals surface area (Å²) >= 11 is 5.76. The molecular weight excluding hydrogens is 258 g/mol. The van der Waals surface area contributed by atoms with Crippen LogP contribution in [0.4, 0.5) is 5.69 Å². The molecule has 6 heteroatoms. The molecule has 0 aliphatic carbocycles. The lowest BCUT2D eigenvalue weighted by molar-refractivity contribution is -0.140. The maximum atomic E-state index is 11.7. The monoisotopic (exact) mass is 271 g/mol. The number of rotatable bonds is 5. The number of esters is 2. The number of anilines is 1. The van der Waals surface area contributed by atoms with Gasteiger partial charge in [0.1, 0.15) is 0 Å². The highest BCUT2D eigenvalue weighted by atomic mass is 35.5. The van der Waals surface area contributed by atoms with Crippen LogP contribution in [-0.2, 0) is 14.3 Å². The van der Waals surface area contributed by atoms with Crippen LogP contribution in [0.2, 0.25) is 5.02 Å². The molecule has 0 aliphatic rings. The molecule has 2 N–H and O–H groups in total. The summed E-state index contributed by atoms with van der Waals surface area (Å²) in [6, 6.07) is 4.57. The van der Waals surface area contributed by atoms with Crippen LogP contribution in [0.1, 0.15) is 23.2 Å². The van der Waals surface area contributed by atoms with Gasteiger partial charge in [-0.15, -0.1) is 0 Å². The van der Waals surface area contributed by atoms with Crippen LogP contribution in [-0.4, -0.2) is 25.7 Å². The van der Waals surface area contributed by atoms with Gasteiger partial charge in [0, 0.05) is 17.1 Å². The molecule has 18 heavy (non-hydrogen) atoms. The predicted octanol–water partition coefficient (Wildman–Crippen LogP) is 2.03. The Balaban J connectivity index is 2.46. The summed E-state index contributed by atoms with van der Waals surface area (Å²) in [4.78, 5) is 22.5. The summed E-state index contributed by atoms with van der Waals surface area (Å²) in [7, 11) is 1.31. The average Bonchev–Trinajstić information content (AvgIpc) is 2.36. The molecule has 0 aromatic heterocycles. The van der Waals surface area contributed by atoms with E-state index >= 15 is 0 Å². The van der Waals surface area contributed by atoms with Gasteiger partial charge in [-0.25, -0.2) is 4.79 Å². The third-order valence-electron chi connectivity index (χ3n) is 2.22. The van der Waals surface area contributed by atoms with Crippen molar-refractivity contribution >= 4 is 29.2 Å². The van der Waals surface area contributed by atoms with E-state index in [-0.39, 0.29) is 24.6 Å². The van der Waals surface area contributed by atoms with E-state index in [0.717, 1.165) is 0 Å². The van der Waals surface area contributed by atoms with Gasteiger partial charge in [0.25, 0.3) is 0 Å². The Hall–Kier alpha value is -1.75. The molecule has 0 radical (unpaired) electrons. The number of hydrogen-bond acceptors (Lipinski definition) is 5. The van der Waals surface area contributed by atoms with E-state index in [1.807, 2.05) is 0 Å². The second kappa shape index (κ2) is 6.86. The number of nitrogens with two attached hydrogens (primary N) is 1. The Morgan fingerprint density at radius 1 is 1.39 bits per heavy atom. The molecule has 1 aromatic carbocycles. The van der Waals surface area contributed by atoms with Crippen molar-refractivity contribution in [2.24, 2.45) is 0 Å². The van der Waals surface area contributed by atoms with E-state index < -0.39 is 5.97 Å².